The molecule has 1 fully saturated rings. The van der Waals surface area contributed by atoms with Crippen LogP contribution in [0.5, 0.6) is 0 Å². The van der Waals surface area contributed by atoms with Crippen molar-refractivity contribution in [2.75, 3.05) is 13.1 Å². The summed E-state index contributed by atoms with van der Waals surface area (Å²) in [6.07, 6.45) is 3.51. The Balaban J connectivity index is 1.68. The Hall–Kier alpha value is -1.91. The lowest BCUT2D eigenvalue weighted by atomic mass is 9.75. The van der Waals surface area contributed by atoms with Crippen molar-refractivity contribution in [1.82, 2.24) is 9.88 Å². The number of carbonyl (C=O) groups excluding carboxylic acids is 2. The number of nitrogens with zero attached hydrogens (tertiary/aromatic N) is 2. The van der Waals surface area contributed by atoms with Crippen LogP contribution in [0.3, 0.4) is 0 Å². The minimum absolute atomic E-state index is 0.194. The SMILES string of the molecule is CC(C)(C)OC(=O)N1CCC2(CC1)Cc1ncccc1C2=O. The number of pyridine rings is 1. The second-order valence-corrected chi connectivity index (χ2v) is 7.25. The molecule has 3 rings (SSSR count). The Labute approximate surface area is 130 Å². The summed E-state index contributed by atoms with van der Waals surface area (Å²) in [7, 11) is 0. The number of amides is 1. The Morgan fingerprint density at radius 2 is 2.00 bits per heavy atom. The average molecular weight is 302 g/mol. The highest BCUT2D eigenvalue weighted by Gasteiger charge is 2.48. The van der Waals surface area contributed by atoms with E-state index in [-0.39, 0.29) is 17.3 Å². The van der Waals surface area contributed by atoms with Gasteiger partial charge in [-0.05, 0) is 45.7 Å². The van der Waals surface area contributed by atoms with Gasteiger partial charge in [-0.3, -0.25) is 9.78 Å². The fraction of sp³-hybridized carbons (Fsp3) is 0.588. The van der Waals surface area contributed by atoms with Gasteiger partial charge in [-0.25, -0.2) is 4.79 Å². The highest BCUT2D eigenvalue weighted by molar-refractivity contribution is 6.04. The predicted molar refractivity (Wildman–Crippen MR) is 81.7 cm³/mol. The maximum absolute atomic E-state index is 12.7. The molecule has 0 bridgehead atoms. The lowest BCUT2D eigenvalue weighted by Crippen LogP contribution is -2.47. The van der Waals surface area contributed by atoms with Crippen LogP contribution in [-0.4, -0.2) is 40.5 Å². The van der Waals surface area contributed by atoms with Gasteiger partial charge in [0.15, 0.2) is 5.78 Å². The number of carbonyl (C=O) groups is 2. The number of ketones is 1. The first-order valence-corrected chi connectivity index (χ1v) is 7.77. The minimum Gasteiger partial charge on any atom is -0.444 e. The molecule has 1 saturated heterocycles. The van der Waals surface area contributed by atoms with Crippen molar-refractivity contribution < 1.29 is 14.3 Å². The van der Waals surface area contributed by atoms with Crippen molar-refractivity contribution in [3.8, 4) is 0 Å². The van der Waals surface area contributed by atoms with Gasteiger partial charge >= 0.3 is 6.09 Å². The first-order valence-electron chi connectivity index (χ1n) is 7.77. The smallest absolute Gasteiger partial charge is 0.410 e. The van der Waals surface area contributed by atoms with Crippen molar-refractivity contribution in [1.29, 1.82) is 0 Å². The van der Waals surface area contributed by atoms with Crippen LogP contribution in [0, 0.1) is 5.41 Å². The molecule has 0 aromatic carbocycles. The van der Waals surface area contributed by atoms with Crippen LogP contribution in [0.1, 0.15) is 49.7 Å². The van der Waals surface area contributed by atoms with E-state index in [2.05, 4.69) is 4.98 Å². The van der Waals surface area contributed by atoms with Gasteiger partial charge in [0.25, 0.3) is 0 Å². The van der Waals surface area contributed by atoms with Crippen LogP contribution in [0.4, 0.5) is 4.79 Å². The molecule has 0 unspecified atom stereocenters. The summed E-state index contributed by atoms with van der Waals surface area (Å²) in [5, 5.41) is 0. The van der Waals surface area contributed by atoms with Gasteiger partial charge in [0.1, 0.15) is 5.60 Å². The summed E-state index contributed by atoms with van der Waals surface area (Å²) in [6.45, 7) is 6.71. The zero-order chi connectivity index (χ0) is 16.0. The molecule has 1 amide bonds. The van der Waals surface area contributed by atoms with E-state index in [1.54, 1.807) is 11.1 Å². The third-order valence-electron chi connectivity index (χ3n) is 4.49. The maximum atomic E-state index is 12.7. The van der Waals surface area contributed by atoms with E-state index in [4.69, 9.17) is 4.74 Å². The molecular formula is C17H22N2O3. The van der Waals surface area contributed by atoms with Crippen LogP contribution in [0.25, 0.3) is 0 Å². The molecule has 22 heavy (non-hydrogen) atoms. The fourth-order valence-electron chi connectivity index (χ4n) is 3.32. The average Bonchev–Trinajstić information content (AvgIpc) is 2.71. The molecule has 0 atom stereocenters. The highest BCUT2D eigenvalue weighted by Crippen LogP contribution is 2.43. The Morgan fingerprint density at radius 1 is 1.32 bits per heavy atom. The molecule has 0 saturated carbocycles. The molecule has 0 N–H and O–H groups in total. The summed E-state index contributed by atoms with van der Waals surface area (Å²) >= 11 is 0. The van der Waals surface area contributed by atoms with Gasteiger partial charge in [-0.2, -0.15) is 0 Å². The second-order valence-electron chi connectivity index (χ2n) is 7.25. The monoisotopic (exact) mass is 302 g/mol. The van der Waals surface area contributed by atoms with E-state index in [9.17, 15) is 9.59 Å². The van der Waals surface area contributed by atoms with E-state index in [1.807, 2.05) is 32.9 Å². The van der Waals surface area contributed by atoms with E-state index < -0.39 is 5.60 Å². The van der Waals surface area contributed by atoms with Crippen LogP contribution in [0.15, 0.2) is 18.3 Å². The number of Topliss-reactive ketones (excluding diaryl/α,β-unsaturated/α-hetero) is 1. The van der Waals surface area contributed by atoms with Gasteiger partial charge in [0.05, 0.1) is 5.69 Å². The van der Waals surface area contributed by atoms with Crippen LogP contribution < -0.4 is 0 Å². The lowest BCUT2D eigenvalue weighted by Gasteiger charge is -2.38. The molecule has 1 aromatic heterocycles. The number of ether oxygens (including phenoxy) is 1. The Morgan fingerprint density at radius 3 is 2.59 bits per heavy atom. The molecule has 5 heteroatoms. The molecule has 0 radical (unpaired) electrons. The molecule has 118 valence electrons. The number of hydrogen-bond donors (Lipinski definition) is 0. The van der Waals surface area contributed by atoms with E-state index in [0.29, 0.717) is 32.4 Å². The van der Waals surface area contributed by atoms with Crippen molar-refractivity contribution in [2.45, 2.75) is 45.6 Å². The van der Waals surface area contributed by atoms with E-state index >= 15 is 0 Å². The predicted octanol–water partition coefficient (Wildman–Crippen LogP) is 2.84. The van der Waals surface area contributed by atoms with Gasteiger partial charge in [-0.1, -0.05) is 0 Å². The largest absolute Gasteiger partial charge is 0.444 e. The van der Waals surface area contributed by atoms with E-state index in [1.165, 1.54) is 0 Å². The van der Waals surface area contributed by atoms with Gasteiger partial charge in [0.2, 0.25) is 0 Å². The highest BCUT2D eigenvalue weighted by atomic mass is 16.6. The quantitative estimate of drug-likeness (QED) is 0.739. The first-order chi connectivity index (χ1) is 10.3. The van der Waals surface area contributed by atoms with Crippen molar-refractivity contribution in [3.63, 3.8) is 0 Å². The van der Waals surface area contributed by atoms with Crippen molar-refractivity contribution in [2.24, 2.45) is 5.41 Å². The standard InChI is InChI=1S/C17H22N2O3/c1-16(2,3)22-15(21)19-9-6-17(7-10-19)11-13-12(14(17)20)5-4-8-18-13/h4-5,8H,6-7,9-11H2,1-3H3. The van der Waals surface area contributed by atoms with Crippen molar-refractivity contribution >= 4 is 11.9 Å². The molecular weight excluding hydrogens is 280 g/mol. The van der Waals surface area contributed by atoms with Crippen molar-refractivity contribution in [3.05, 3.63) is 29.6 Å². The topological polar surface area (TPSA) is 59.5 Å². The zero-order valence-corrected chi connectivity index (χ0v) is 13.4. The number of rotatable bonds is 0. The summed E-state index contributed by atoms with van der Waals surface area (Å²) in [4.78, 5) is 30.9. The van der Waals surface area contributed by atoms with Gasteiger partial charge in [-0.15, -0.1) is 0 Å². The van der Waals surface area contributed by atoms with Gasteiger partial charge < -0.3 is 9.64 Å². The Bertz CT molecular complexity index is 611. The maximum Gasteiger partial charge on any atom is 0.410 e. The Kier molecular flexibility index (Phi) is 3.46. The minimum atomic E-state index is -0.491. The van der Waals surface area contributed by atoms with Crippen LogP contribution in [-0.2, 0) is 11.2 Å². The second kappa shape index (κ2) is 5.07. The summed E-state index contributed by atoms with van der Waals surface area (Å²) in [5.41, 5.74) is 0.802. The zero-order valence-electron chi connectivity index (χ0n) is 13.4. The lowest BCUT2D eigenvalue weighted by molar-refractivity contribution is 0.0113. The molecule has 1 aliphatic carbocycles. The van der Waals surface area contributed by atoms with Gasteiger partial charge in [0, 0.05) is 36.7 Å². The molecule has 2 heterocycles. The van der Waals surface area contributed by atoms with E-state index in [0.717, 1.165) is 11.3 Å². The molecule has 1 spiro atoms. The number of hydrogen-bond acceptors (Lipinski definition) is 4. The summed E-state index contributed by atoms with van der Waals surface area (Å²) in [5.74, 6) is 0.194. The number of likely N-dealkylation sites (tertiary alicyclic amines) is 1. The van der Waals surface area contributed by atoms with Crippen LogP contribution in [0.2, 0.25) is 0 Å². The fourth-order valence-corrected chi connectivity index (χ4v) is 3.32. The number of piperidine rings is 1. The molecule has 1 aliphatic heterocycles. The normalized spacial score (nSPS) is 20.1. The first kappa shape index (κ1) is 15.0. The third kappa shape index (κ3) is 2.60. The number of fused-ring (bicyclic) bond motifs is 1. The molecule has 2 aliphatic rings. The molecule has 5 nitrogen and oxygen atoms in total. The summed E-state index contributed by atoms with van der Waals surface area (Å²) < 4.78 is 5.41. The third-order valence-corrected chi connectivity index (χ3v) is 4.49. The molecule has 1 aromatic rings. The summed E-state index contributed by atoms with van der Waals surface area (Å²) in [6, 6.07) is 3.67. The number of aromatic nitrogens is 1. The van der Waals surface area contributed by atoms with Crippen LogP contribution >= 0.6 is 0 Å².